The number of ketones is 1. The smallest absolute Gasteiger partial charge is 0.235 e. The molecule has 1 aliphatic heterocycles. The Morgan fingerprint density at radius 1 is 0.975 bits per heavy atom. The molecule has 6 rings (SSSR count). The third-order valence-corrected chi connectivity index (χ3v) is 8.76. The largest absolute Gasteiger partial charge is 0.493 e. The van der Waals surface area contributed by atoms with E-state index in [0.717, 1.165) is 78.7 Å². The van der Waals surface area contributed by atoms with E-state index in [9.17, 15) is 4.79 Å². The van der Waals surface area contributed by atoms with Crippen LogP contribution in [0.1, 0.15) is 46.4 Å². The molecule has 0 amide bonds. The van der Waals surface area contributed by atoms with Crippen molar-refractivity contribution in [3.05, 3.63) is 95.2 Å². The molecule has 2 aliphatic rings. The van der Waals surface area contributed by atoms with E-state index in [2.05, 4.69) is 58.0 Å². The number of Topliss-reactive ketones (excluding diaryl/α,β-unsaturated/α-hetero) is 1. The SMILES string of the molecule is COc1cc2c(cc1OCc1ccc3cccc(N)c3[n+]1C)CC(CC1CCN(Cc3ccccc3)CC1)C2=O. The van der Waals surface area contributed by atoms with Crippen LogP contribution in [-0.2, 0) is 26.6 Å². The predicted molar refractivity (Wildman–Crippen MR) is 157 cm³/mol. The number of nitrogens with zero attached hydrogens (tertiary/aromatic N) is 2. The van der Waals surface area contributed by atoms with Crippen molar-refractivity contribution in [3.8, 4) is 11.5 Å². The lowest BCUT2D eigenvalue weighted by Crippen LogP contribution is -2.35. The van der Waals surface area contributed by atoms with Gasteiger partial charge in [0.05, 0.1) is 7.11 Å². The number of hydrogen-bond donors (Lipinski definition) is 1. The number of rotatable bonds is 8. The van der Waals surface area contributed by atoms with E-state index in [1.165, 1.54) is 5.56 Å². The summed E-state index contributed by atoms with van der Waals surface area (Å²) in [6, 6.07) is 24.6. The van der Waals surface area contributed by atoms with Gasteiger partial charge >= 0.3 is 0 Å². The van der Waals surface area contributed by atoms with Crippen LogP contribution in [0.25, 0.3) is 10.9 Å². The summed E-state index contributed by atoms with van der Waals surface area (Å²) in [6.07, 6.45) is 4.04. The monoisotopic (exact) mass is 536 g/mol. The van der Waals surface area contributed by atoms with Crippen LogP contribution in [0.3, 0.4) is 0 Å². The normalized spacial score (nSPS) is 17.8. The molecule has 3 aromatic carbocycles. The molecule has 0 saturated carbocycles. The van der Waals surface area contributed by atoms with Crippen molar-refractivity contribution >= 4 is 22.4 Å². The zero-order chi connectivity index (χ0) is 27.6. The molecular formula is C34H38N3O3+. The van der Waals surface area contributed by atoms with Gasteiger partial charge in [-0.3, -0.25) is 9.69 Å². The number of piperidine rings is 1. The first kappa shape index (κ1) is 26.3. The molecule has 0 bridgehead atoms. The summed E-state index contributed by atoms with van der Waals surface area (Å²) in [5, 5.41) is 1.09. The summed E-state index contributed by atoms with van der Waals surface area (Å²) >= 11 is 0. The highest BCUT2D eigenvalue weighted by molar-refractivity contribution is 6.03. The van der Waals surface area contributed by atoms with Crippen LogP contribution in [-0.4, -0.2) is 30.9 Å². The van der Waals surface area contributed by atoms with Gasteiger partial charge in [0.25, 0.3) is 0 Å². The highest BCUT2D eigenvalue weighted by Crippen LogP contribution is 2.40. The van der Waals surface area contributed by atoms with Gasteiger partial charge in [-0.25, -0.2) is 0 Å². The molecule has 0 radical (unpaired) electrons. The van der Waals surface area contributed by atoms with Gasteiger partial charge in [-0.1, -0.05) is 36.4 Å². The number of nitrogen functional groups attached to an aromatic ring is 1. The second-order valence-electron chi connectivity index (χ2n) is 11.3. The highest BCUT2D eigenvalue weighted by atomic mass is 16.5. The third kappa shape index (κ3) is 5.28. The number of nitrogens with two attached hydrogens (primary N) is 1. The number of carbonyl (C=O) groups excluding carboxylic acids is 1. The Balaban J connectivity index is 1.10. The maximum Gasteiger partial charge on any atom is 0.235 e. The molecule has 6 heteroatoms. The Kier molecular flexibility index (Phi) is 7.44. The lowest BCUT2D eigenvalue weighted by atomic mass is 9.85. The van der Waals surface area contributed by atoms with Crippen LogP contribution in [0, 0.1) is 11.8 Å². The molecule has 1 saturated heterocycles. The van der Waals surface area contributed by atoms with Gasteiger partial charge in [0, 0.05) is 29.5 Å². The number of hydrogen-bond acceptors (Lipinski definition) is 5. The van der Waals surface area contributed by atoms with Crippen molar-refractivity contribution in [2.75, 3.05) is 25.9 Å². The Hall–Kier alpha value is -3.90. The quantitative estimate of drug-likeness (QED) is 0.238. The fourth-order valence-electron chi connectivity index (χ4n) is 6.51. The number of likely N-dealkylation sites (tertiary alicyclic amines) is 1. The van der Waals surface area contributed by atoms with Crippen LogP contribution in [0.15, 0.2) is 72.8 Å². The van der Waals surface area contributed by atoms with Crippen molar-refractivity contribution < 1.29 is 18.8 Å². The Labute approximate surface area is 236 Å². The van der Waals surface area contributed by atoms with Crippen molar-refractivity contribution in [1.82, 2.24) is 4.90 Å². The number of ether oxygens (including phenoxy) is 2. The van der Waals surface area contributed by atoms with E-state index in [1.807, 2.05) is 31.3 Å². The fourth-order valence-corrected chi connectivity index (χ4v) is 6.51. The first-order chi connectivity index (χ1) is 19.5. The van der Waals surface area contributed by atoms with E-state index in [0.29, 0.717) is 24.0 Å². The molecule has 1 aromatic heterocycles. The zero-order valence-corrected chi connectivity index (χ0v) is 23.4. The molecule has 1 unspecified atom stereocenters. The second-order valence-corrected chi connectivity index (χ2v) is 11.3. The summed E-state index contributed by atoms with van der Waals surface area (Å²) < 4.78 is 14.0. The van der Waals surface area contributed by atoms with Crippen molar-refractivity contribution in [3.63, 3.8) is 0 Å². The number of aromatic nitrogens is 1. The molecule has 0 spiro atoms. The summed E-state index contributed by atoms with van der Waals surface area (Å²) in [7, 11) is 3.64. The topological polar surface area (TPSA) is 68.7 Å². The van der Waals surface area contributed by atoms with Gasteiger partial charge in [0.2, 0.25) is 11.2 Å². The minimum Gasteiger partial charge on any atom is -0.493 e. The van der Waals surface area contributed by atoms with Crippen molar-refractivity contribution in [2.45, 2.75) is 38.8 Å². The van der Waals surface area contributed by atoms with Crippen molar-refractivity contribution in [2.24, 2.45) is 18.9 Å². The number of aryl methyl sites for hydroxylation is 1. The average molecular weight is 537 g/mol. The number of fused-ring (bicyclic) bond motifs is 2. The lowest BCUT2D eigenvalue weighted by molar-refractivity contribution is -0.654. The molecule has 40 heavy (non-hydrogen) atoms. The Morgan fingerprint density at radius 3 is 2.55 bits per heavy atom. The van der Waals surface area contributed by atoms with Gasteiger partial charge in [-0.15, -0.1) is 0 Å². The van der Waals surface area contributed by atoms with Gasteiger partial charge in [-0.05, 0) is 86.1 Å². The van der Waals surface area contributed by atoms with Gasteiger partial charge in [-0.2, -0.15) is 4.57 Å². The van der Waals surface area contributed by atoms with Gasteiger partial charge in [0.15, 0.2) is 23.9 Å². The molecule has 4 aromatic rings. The summed E-state index contributed by atoms with van der Waals surface area (Å²) in [5.41, 5.74) is 12.2. The Morgan fingerprint density at radius 2 is 1.77 bits per heavy atom. The number of methoxy groups -OCH3 is 1. The molecule has 6 nitrogen and oxygen atoms in total. The first-order valence-electron chi connectivity index (χ1n) is 14.3. The predicted octanol–water partition coefficient (Wildman–Crippen LogP) is 5.49. The van der Waals surface area contributed by atoms with Crippen LogP contribution in [0.4, 0.5) is 5.69 Å². The summed E-state index contributed by atoms with van der Waals surface area (Å²) in [5.74, 6) is 2.16. The number of pyridine rings is 1. The highest BCUT2D eigenvalue weighted by Gasteiger charge is 2.34. The van der Waals surface area contributed by atoms with Crippen LogP contribution in [0.2, 0.25) is 0 Å². The fraction of sp³-hybridized carbons (Fsp3) is 0.353. The molecule has 2 N–H and O–H groups in total. The van der Waals surface area contributed by atoms with Crippen LogP contribution >= 0.6 is 0 Å². The molecular weight excluding hydrogens is 498 g/mol. The van der Waals surface area contributed by atoms with E-state index in [-0.39, 0.29) is 11.7 Å². The maximum atomic E-state index is 13.4. The second kappa shape index (κ2) is 11.3. The standard InChI is InChI=1S/C34H38N3O3/c1-36-28(12-11-25-9-6-10-30(35)33(25)36)22-40-32-19-26-18-27(34(38)29(26)20-31(32)39-2)17-23-13-15-37(16-14-23)21-24-7-4-3-5-8-24/h3-12,19-20,23,27H,13-18,21-22,35H2,1-2H3/q+1. The minimum atomic E-state index is 0.0434. The van der Waals surface area contributed by atoms with Crippen LogP contribution in [0.5, 0.6) is 11.5 Å². The number of benzene rings is 3. The molecule has 206 valence electrons. The maximum absolute atomic E-state index is 13.4. The molecule has 2 heterocycles. The van der Waals surface area contributed by atoms with Crippen LogP contribution < -0.4 is 19.8 Å². The Bertz CT molecular complexity index is 1530. The number of para-hydroxylation sites is 1. The molecule has 1 aliphatic carbocycles. The van der Waals surface area contributed by atoms with Gasteiger partial charge in [0.1, 0.15) is 12.7 Å². The average Bonchev–Trinajstić information content (AvgIpc) is 3.27. The summed E-state index contributed by atoms with van der Waals surface area (Å²) in [6.45, 7) is 3.57. The summed E-state index contributed by atoms with van der Waals surface area (Å²) in [4.78, 5) is 16.0. The molecule has 1 fully saturated rings. The third-order valence-electron chi connectivity index (χ3n) is 8.76. The number of anilines is 1. The minimum absolute atomic E-state index is 0.0434. The van der Waals surface area contributed by atoms with E-state index in [4.69, 9.17) is 15.2 Å². The van der Waals surface area contributed by atoms with Crippen molar-refractivity contribution in [1.29, 1.82) is 0 Å². The number of carbonyl (C=O) groups is 1. The van der Waals surface area contributed by atoms with Gasteiger partial charge < -0.3 is 15.2 Å². The lowest BCUT2D eigenvalue weighted by Gasteiger charge is -2.32. The van der Waals surface area contributed by atoms with E-state index >= 15 is 0 Å². The molecule has 1 atom stereocenters. The van der Waals surface area contributed by atoms with E-state index < -0.39 is 0 Å². The zero-order valence-electron chi connectivity index (χ0n) is 23.4. The van der Waals surface area contributed by atoms with E-state index in [1.54, 1.807) is 7.11 Å². The first-order valence-corrected chi connectivity index (χ1v) is 14.3.